The Labute approximate surface area is 176 Å². The maximum absolute atomic E-state index is 12.6. The van der Waals surface area contributed by atoms with Gasteiger partial charge in [0.05, 0.1) is 12.8 Å². The first-order valence-electron chi connectivity index (χ1n) is 8.87. The molecule has 7 heteroatoms. The van der Waals surface area contributed by atoms with Gasteiger partial charge in [-0.15, -0.1) is 11.3 Å². The minimum atomic E-state index is -0.669. The minimum Gasteiger partial charge on any atom is -0.497 e. The molecule has 0 fully saturated rings. The second-order valence-electron chi connectivity index (χ2n) is 6.08. The van der Waals surface area contributed by atoms with E-state index in [-0.39, 0.29) is 5.91 Å². The molecule has 0 spiro atoms. The van der Waals surface area contributed by atoms with Crippen molar-refractivity contribution in [2.24, 2.45) is 0 Å². The van der Waals surface area contributed by atoms with Gasteiger partial charge in [-0.1, -0.05) is 41.1 Å². The van der Waals surface area contributed by atoms with Gasteiger partial charge in [0.2, 0.25) is 0 Å². The number of aryl methyl sites for hydroxylation is 1. The van der Waals surface area contributed by atoms with Gasteiger partial charge in [0, 0.05) is 21.0 Å². The van der Waals surface area contributed by atoms with Gasteiger partial charge in [-0.2, -0.15) is 0 Å². The molecule has 1 unspecified atom stereocenters. The van der Waals surface area contributed by atoms with E-state index in [1.165, 1.54) is 11.3 Å². The maximum atomic E-state index is 12.6. The molecule has 0 radical (unpaired) electrons. The fourth-order valence-electron chi connectivity index (χ4n) is 2.62. The molecule has 0 bridgehead atoms. The number of thiazole rings is 1. The molecule has 1 aromatic heterocycles. The van der Waals surface area contributed by atoms with Crippen LogP contribution in [0.25, 0.3) is 11.3 Å². The summed E-state index contributed by atoms with van der Waals surface area (Å²) in [6.07, 6.45) is 0.173. The summed E-state index contributed by atoms with van der Waals surface area (Å²) in [5.74, 6) is 1.00. The van der Waals surface area contributed by atoms with Crippen molar-refractivity contribution in [1.29, 1.82) is 0 Å². The zero-order valence-electron chi connectivity index (χ0n) is 15.9. The zero-order valence-corrected chi connectivity index (χ0v) is 18.3. The number of nitrogens with zero attached hydrogens (tertiary/aromatic N) is 1. The van der Waals surface area contributed by atoms with Crippen molar-refractivity contribution in [3.05, 3.63) is 57.9 Å². The number of halogens is 1. The van der Waals surface area contributed by atoms with E-state index >= 15 is 0 Å². The van der Waals surface area contributed by atoms with Gasteiger partial charge >= 0.3 is 0 Å². The Kier molecular flexibility index (Phi) is 6.70. The van der Waals surface area contributed by atoms with Gasteiger partial charge < -0.3 is 9.47 Å². The third kappa shape index (κ3) is 4.91. The number of nitrogens with one attached hydrogen (secondary N) is 1. The Balaban J connectivity index is 1.72. The predicted molar refractivity (Wildman–Crippen MR) is 116 cm³/mol. The number of amides is 1. The Morgan fingerprint density at radius 3 is 2.61 bits per heavy atom. The lowest BCUT2D eigenvalue weighted by molar-refractivity contribution is -0.122. The van der Waals surface area contributed by atoms with Crippen LogP contribution in [0, 0.1) is 0 Å². The van der Waals surface area contributed by atoms with E-state index < -0.39 is 6.10 Å². The van der Waals surface area contributed by atoms with Crippen molar-refractivity contribution in [3.8, 4) is 22.8 Å². The zero-order chi connectivity index (χ0) is 20.1. The number of methoxy groups -OCH3 is 1. The average Bonchev–Trinajstić information content (AvgIpc) is 3.11. The number of benzene rings is 2. The largest absolute Gasteiger partial charge is 0.497 e. The first-order chi connectivity index (χ1) is 13.5. The van der Waals surface area contributed by atoms with Gasteiger partial charge in [-0.05, 0) is 37.6 Å². The number of hydrogen-bond donors (Lipinski definition) is 1. The lowest BCUT2D eigenvalue weighted by Gasteiger charge is -2.14. The summed E-state index contributed by atoms with van der Waals surface area (Å²) in [5, 5.41) is 3.44. The minimum absolute atomic E-state index is 0.249. The molecule has 1 atom stereocenters. The molecule has 28 heavy (non-hydrogen) atoms. The molecule has 1 amide bonds. The standard InChI is InChI=1S/C21H21BrN2O3S/c1-4-18-19(14-8-10-15(22)11-9-14)23-21(28-18)24-20(25)13(2)27-17-7-5-6-16(12-17)26-3/h5-13H,4H2,1-3H3,(H,23,24,25). The monoisotopic (exact) mass is 460 g/mol. The molecule has 2 aromatic carbocycles. The number of carbonyl (C=O) groups is 1. The lowest BCUT2D eigenvalue weighted by Crippen LogP contribution is -2.30. The fraction of sp³-hybridized carbons (Fsp3) is 0.238. The molecule has 0 saturated carbocycles. The third-order valence-corrected chi connectivity index (χ3v) is 5.73. The van der Waals surface area contributed by atoms with Crippen LogP contribution in [0.4, 0.5) is 5.13 Å². The first kappa shape index (κ1) is 20.4. The number of anilines is 1. The topological polar surface area (TPSA) is 60.5 Å². The SMILES string of the molecule is CCc1sc(NC(=O)C(C)Oc2cccc(OC)c2)nc1-c1ccc(Br)cc1. The molecule has 5 nitrogen and oxygen atoms in total. The molecule has 3 aromatic rings. The summed E-state index contributed by atoms with van der Waals surface area (Å²) >= 11 is 4.93. The summed E-state index contributed by atoms with van der Waals surface area (Å²) in [5.41, 5.74) is 1.93. The van der Waals surface area contributed by atoms with E-state index in [1.54, 1.807) is 26.2 Å². The van der Waals surface area contributed by atoms with Crippen LogP contribution in [-0.4, -0.2) is 24.1 Å². The third-order valence-electron chi connectivity index (χ3n) is 4.09. The summed E-state index contributed by atoms with van der Waals surface area (Å²) in [6, 6.07) is 15.2. The second kappa shape index (κ2) is 9.21. The Bertz CT molecular complexity index is 957. The van der Waals surface area contributed by atoms with Crippen LogP contribution in [0.3, 0.4) is 0 Å². The van der Waals surface area contributed by atoms with Crippen molar-refractivity contribution in [1.82, 2.24) is 4.98 Å². The van der Waals surface area contributed by atoms with E-state index in [2.05, 4.69) is 33.2 Å². The van der Waals surface area contributed by atoms with Gasteiger partial charge in [0.1, 0.15) is 11.5 Å². The maximum Gasteiger partial charge on any atom is 0.266 e. The van der Waals surface area contributed by atoms with Crippen molar-refractivity contribution in [2.75, 3.05) is 12.4 Å². The number of rotatable bonds is 7. The van der Waals surface area contributed by atoms with Crippen molar-refractivity contribution in [3.63, 3.8) is 0 Å². The lowest BCUT2D eigenvalue weighted by atomic mass is 10.1. The van der Waals surface area contributed by atoms with E-state index in [0.29, 0.717) is 16.6 Å². The second-order valence-corrected chi connectivity index (χ2v) is 8.08. The van der Waals surface area contributed by atoms with Crippen LogP contribution in [0.5, 0.6) is 11.5 Å². The summed E-state index contributed by atoms with van der Waals surface area (Å²) < 4.78 is 11.9. The quantitative estimate of drug-likeness (QED) is 0.501. The van der Waals surface area contributed by atoms with Crippen LogP contribution < -0.4 is 14.8 Å². The molecular weight excluding hydrogens is 440 g/mol. The van der Waals surface area contributed by atoms with Crippen LogP contribution in [0.15, 0.2) is 53.0 Å². The van der Waals surface area contributed by atoms with Crippen LogP contribution >= 0.6 is 27.3 Å². The predicted octanol–water partition coefficient (Wildman–Crippen LogP) is 5.55. The van der Waals surface area contributed by atoms with Crippen molar-refractivity contribution < 1.29 is 14.3 Å². The molecule has 1 heterocycles. The van der Waals surface area contributed by atoms with Gasteiger partial charge in [-0.3, -0.25) is 10.1 Å². The summed E-state index contributed by atoms with van der Waals surface area (Å²) in [6.45, 7) is 3.79. The molecule has 146 valence electrons. The smallest absolute Gasteiger partial charge is 0.266 e. The Hall–Kier alpha value is -2.38. The van der Waals surface area contributed by atoms with Gasteiger partial charge in [0.25, 0.3) is 5.91 Å². The molecular formula is C21H21BrN2O3S. The molecule has 0 aliphatic carbocycles. The highest BCUT2D eigenvalue weighted by Crippen LogP contribution is 2.32. The molecule has 0 saturated heterocycles. The Morgan fingerprint density at radius 1 is 1.21 bits per heavy atom. The van der Waals surface area contributed by atoms with Crippen LogP contribution in [-0.2, 0) is 11.2 Å². The highest BCUT2D eigenvalue weighted by molar-refractivity contribution is 9.10. The molecule has 0 aliphatic heterocycles. The molecule has 3 rings (SSSR count). The number of hydrogen-bond acceptors (Lipinski definition) is 5. The summed E-state index contributed by atoms with van der Waals surface area (Å²) in [7, 11) is 1.59. The van der Waals surface area contributed by atoms with E-state index in [9.17, 15) is 4.79 Å². The number of aromatic nitrogens is 1. The highest BCUT2D eigenvalue weighted by atomic mass is 79.9. The van der Waals surface area contributed by atoms with E-state index in [0.717, 1.165) is 27.0 Å². The Morgan fingerprint density at radius 2 is 1.93 bits per heavy atom. The van der Waals surface area contributed by atoms with Gasteiger partial charge in [-0.25, -0.2) is 4.98 Å². The first-order valence-corrected chi connectivity index (χ1v) is 10.5. The van der Waals surface area contributed by atoms with Crippen molar-refractivity contribution in [2.45, 2.75) is 26.4 Å². The summed E-state index contributed by atoms with van der Waals surface area (Å²) in [4.78, 5) is 18.3. The molecule has 0 aliphatic rings. The number of carbonyl (C=O) groups excluding carboxylic acids is 1. The fourth-order valence-corrected chi connectivity index (χ4v) is 3.81. The van der Waals surface area contributed by atoms with E-state index in [4.69, 9.17) is 9.47 Å². The van der Waals surface area contributed by atoms with E-state index in [1.807, 2.05) is 36.4 Å². The highest BCUT2D eigenvalue weighted by Gasteiger charge is 2.19. The molecule has 1 N–H and O–H groups in total. The average molecular weight is 461 g/mol. The van der Waals surface area contributed by atoms with Crippen LogP contribution in [0.1, 0.15) is 18.7 Å². The number of ether oxygens (including phenoxy) is 2. The normalized spacial score (nSPS) is 11.7. The van der Waals surface area contributed by atoms with Gasteiger partial charge in [0.15, 0.2) is 11.2 Å². The van der Waals surface area contributed by atoms with Crippen molar-refractivity contribution >= 4 is 38.3 Å². The van der Waals surface area contributed by atoms with Crippen LogP contribution in [0.2, 0.25) is 0 Å².